The molecule has 0 unspecified atom stereocenters. The van der Waals surface area contributed by atoms with E-state index < -0.39 is 0 Å². The summed E-state index contributed by atoms with van der Waals surface area (Å²) in [4.78, 5) is 10.6. The van der Waals surface area contributed by atoms with Crippen LogP contribution in [0.4, 0.5) is 5.69 Å². The summed E-state index contributed by atoms with van der Waals surface area (Å²) in [6.45, 7) is 5.65. The van der Waals surface area contributed by atoms with Gasteiger partial charge in [-0.25, -0.2) is 0 Å². The van der Waals surface area contributed by atoms with Crippen molar-refractivity contribution in [1.82, 2.24) is 9.88 Å². The molecule has 3 aromatic rings. The Morgan fingerprint density at radius 1 is 1.10 bits per heavy atom. The standard InChI is InChI=1S/C22H23N3O4/c1-3-28-20-12-16-14-23-22(15-7-9-17(10-8-15)25(26)27)18-6-5-11-24(18)19(16)13-21(20)29-4-2/h5-13,22-23H,3-4,14H2,1-2H3/t22-/m1/s1. The van der Waals surface area contributed by atoms with Crippen LogP contribution in [-0.4, -0.2) is 22.7 Å². The van der Waals surface area contributed by atoms with Gasteiger partial charge in [-0.05, 0) is 43.2 Å². The summed E-state index contributed by atoms with van der Waals surface area (Å²) in [6.07, 6.45) is 2.02. The molecular weight excluding hydrogens is 370 g/mol. The second kappa shape index (κ2) is 7.97. The monoisotopic (exact) mass is 393 g/mol. The Labute approximate surface area is 169 Å². The predicted octanol–water partition coefficient (Wildman–Crippen LogP) is 4.38. The molecule has 7 heteroatoms. The van der Waals surface area contributed by atoms with Crippen LogP contribution >= 0.6 is 0 Å². The normalized spacial score (nSPS) is 15.2. The van der Waals surface area contributed by atoms with E-state index in [2.05, 4.69) is 16.0 Å². The SMILES string of the molecule is CCOc1cc2c(cc1OCC)-n1cccc1[C@@H](c1ccc([N+](=O)[O-])cc1)NC2. The molecule has 0 fully saturated rings. The van der Waals surface area contributed by atoms with E-state index in [4.69, 9.17) is 9.47 Å². The molecule has 0 spiro atoms. The molecule has 0 saturated carbocycles. The van der Waals surface area contributed by atoms with Gasteiger partial charge in [-0.3, -0.25) is 10.1 Å². The maximum atomic E-state index is 11.0. The zero-order valence-electron chi connectivity index (χ0n) is 16.4. The van der Waals surface area contributed by atoms with Crippen molar-refractivity contribution in [3.8, 4) is 17.2 Å². The lowest BCUT2D eigenvalue weighted by atomic mass is 10.0. The van der Waals surface area contributed by atoms with Gasteiger partial charge in [0.2, 0.25) is 0 Å². The number of nitro benzene ring substituents is 1. The predicted molar refractivity (Wildman–Crippen MR) is 110 cm³/mol. The molecule has 150 valence electrons. The van der Waals surface area contributed by atoms with Crippen molar-refractivity contribution in [2.45, 2.75) is 26.4 Å². The van der Waals surface area contributed by atoms with Gasteiger partial charge >= 0.3 is 0 Å². The van der Waals surface area contributed by atoms with Crippen LogP contribution in [0.5, 0.6) is 11.5 Å². The van der Waals surface area contributed by atoms with Gasteiger partial charge in [-0.15, -0.1) is 0 Å². The van der Waals surface area contributed by atoms with Crippen molar-refractivity contribution in [2.75, 3.05) is 13.2 Å². The fraction of sp³-hybridized carbons (Fsp3) is 0.273. The number of benzene rings is 2. The van der Waals surface area contributed by atoms with E-state index in [-0.39, 0.29) is 16.7 Å². The van der Waals surface area contributed by atoms with E-state index in [1.807, 2.05) is 38.2 Å². The molecule has 4 rings (SSSR count). The van der Waals surface area contributed by atoms with Gasteiger partial charge in [0.05, 0.1) is 29.9 Å². The molecule has 1 aliphatic rings. The minimum Gasteiger partial charge on any atom is -0.490 e. The highest BCUT2D eigenvalue weighted by atomic mass is 16.6. The van der Waals surface area contributed by atoms with Crippen LogP contribution in [-0.2, 0) is 6.54 Å². The maximum Gasteiger partial charge on any atom is 0.269 e. The summed E-state index contributed by atoms with van der Waals surface area (Å²) in [5, 5.41) is 14.6. The highest BCUT2D eigenvalue weighted by Gasteiger charge is 2.25. The first-order chi connectivity index (χ1) is 14.1. The largest absolute Gasteiger partial charge is 0.490 e. The topological polar surface area (TPSA) is 78.6 Å². The van der Waals surface area contributed by atoms with Gasteiger partial charge < -0.3 is 19.4 Å². The number of nitro groups is 1. The fourth-order valence-electron chi connectivity index (χ4n) is 3.74. The molecule has 0 aliphatic carbocycles. The molecular formula is C22H23N3O4. The number of non-ortho nitro benzene ring substituents is 1. The first-order valence-corrected chi connectivity index (χ1v) is 9.70. The van der Waals surface area contributed by atoms with Crippen molar-refractivity contribution >= 4 is 5.69 Å². The number of rotatable bonds is 6. The highest BCUT2D eigenvalue weighted by molar-refractivity contribution is 5.56. The number of fused-ring (bicyclic) bond motifs is 3. The molecule has 29 heavy (non-hydrogen) atoms. The molecule has 7 nitrogen and oxygen atoms in total. The van der Waals surface area contributed by atoms with Crippen LogP contribution in [0, 0.1) is 10.1 Å². The van der Waals surface area contributed by atoms with Crippen LogP contribution in [0.3, 0.4) is 0 Å². The van der Waals surface area contributed by atoms with Crippen LogP contribution in [0.25, 0.3) is 5.69 Å². The number of aromatic nitrogens is 1. The number of hydrogen-bond donors (Lipinski definition) is 1. The van der Waals surface area contributed by atoms with Crippen molar-refractivity contribution < 1.29 is 14.4 Å². The first-order valence-electron chi connectivity index (χ1n) is 9.70. The van der Waals surface area contributed by atoms with Gasteiger partial charge in [0, 0.05) is 36.6 Å². The summed E-state index contributed by atoms with van der Waals surface area (Å²) in [5.74, 6) is 1.46. The Bertz CT molecular complexity index is 1030. The lowest BCUT2D eigenvalue weighted by Gasteiger charge is -2.18. The summed E-state index contributed by atoms with van der Waals surface area (Å²) in [5.41, 5.74) is 4.25. The second-order valence-electron chi connectivity index (χ2n) is 6.76. The number of hydrogen-bond acceptors (Lipinski definition) is 5. The molecule has 1 aromatic heterocycles. The fourth-order valence-corrected chi connectivity index (χ4v) is 3.74. The molecule has 0 saturated heterocycles. The van der Waals surface area contributed by atoms with Crippen LogP contribution in [0.2, 0.25) is 0 Å². The molecule has 0 radical (unpaired) electrons. The van der Waals surface area contributed by atoms with Crippen molar-refractivity contribution in [3.63, 3.8) is 0 Å². The van der Waals surface area contributed by atoms with E-state index >= 15 is 0 Å². The summed E-state index contributed by atoms with van der Waals surface area (Å²) in [7, 11) is 0. The maximum absolute atomic E-state index is 11.0. The van der Waals surface area contributed by atoms with E-state index in [9.17, 15) is 10.1 Å². The van der Waals surface area contributed by atoms with Crippen molar-refractivity contribution in [3.05, 3.63) is 81.7 Å². The molecule has 1 aliphatic heterocycles. The molecule has 1 N–H and O–H groups in total. The second-order valence-corrected chi connectivity index (χ2v) is 6.76. The van der Waals surface area contributed by atoms with Gasteiger partial charge in [-0.2, -0.15) is 0 Å². The molecule has 2 heterocycles. The smallest absolute Gasteiger partial charge is 0.269 e. The number of nitrogens with one attached hydrogen (secondary N) is 1. The highest BCUT2D eigenvalue weighted by Crippen LogP contribution is 2.37. The summed E-state index contributed by atoms with van der Waals surface area (Å²) in [6, 6.07) is 14.7. The molecule has 1 atom stereocenters. The Balaban J connectivity index is 1.77. The van der Waals surface area contributed by atoms with Crippen LogP contribution in [0.1, 0.15) is 36.7 Å². The molecule has 0 bridgehead atoms. The minimum absolute atomic E-state index is 0.0868. The van der Waals surface area contributed by atoms with E-state index in [0.29, 0.717) is 19.8 Å². The minimum atomic E-state index is -0.382. The average Bonchev–Trinajstić information content (AvgIpc) is 3.14. The lowest BCUT2D eigenvalue weighted by Crippen LogP contribution is -2.21. The Hall–Kier alpha value is -3.32. The Morgan fingerprint density at radius 3 is 2.45 bits per heavy atom. The lowest BCUT2D eigenvalue weighted by molar-refractivity contribution is -0.384. The zero-order chi connectivity index (χ0) is 20.4. The van der Waals surface area contributed by atoms with Crippen LogP contribution < -0.4 is 14.8 Å². The third kappa shape index (κ3) is 3.56. The van der Waals surface area contributed by atoms with Gasteiger partial charge in [-0.1, -0.05) is 12.1 Å². The molecule has 2 aromatic carbocycles. The average molecular weight is 393 g/mol. The van der Waals surface area contributed by atoms with Crippen molar-refractivity contribution in [2.24, 2.45) is 0 Å². The third-order valence-electron chi connectivity index (χ3n) is 5.01. The Morgan fingerprint density at radius 2 is 1.79 bits per heavy atom. The van der Waals surface area contributed by atoms with E-state index in [0.717, 1.165) is 34.0 Å². The number of ether oxygens (including phenoxy) is 2. The van der Waals surface area contributed by atoms with E-state index in [1.165, 1.54) is 0 Å². The summed E-state index contributed by atoms with van der Waals surface area (Å²) >= 11 is 0. The van der Waals surface area contributed by atoms with Crippen LogP contribution in [0.15, 0.2) is 54.7 Å². The van der Waals surface area contributed by atoms with Gasteiger partial charge in [0.15, 0.2) is 11.5 Å². The van der Waals surface area contributed by atoms with Crippen molar-refractivity contribution in [1.29, 1.82) is 0 Å². The summed E-state index contributed by atoms with van der Waals surface area (Å²) < 4.78 is 13.7. The first kappa shape index (κ1) is 19.0. The van der Waals surface area contributed by atoms with E-state index in [1.54, 1.807) is 24.3 Å². The van der Waals surface area contributed by atoms with Gasteiger partial charge in [0.1, 0.15) is 0 Å². The zero-order valence-corrected chi connectivity index (χ0v) is 16.4. The number of nitrogens with zero attached hydrogens (tertiary/aromatic N) is 2. The third-order valence-corrected chi connectivity index (χ3v) is 5.01. The quantitative estimate of drug-likeness (QED) is 0.497. The van der Waals surface area contributed by atoms with Gasteiger partial charge in [0.25, 0.3) is 5.69 Å². The Kier molecular flexibility index (Phi) is 5.22. The molecule has 0 amide bonds.